The number of aliphatic hydroxyl groups is 4. The summed E-state index contributed by atoms with van der Waals surface area (Å²) in [5, 5.41) is 69.1. The van der Waals surface area contributed by atoms with Crippen molar-refractivity contribution >= 4 is 129 Å². The van der Waals surface area contributed by atoms with Gasteiger partial charge < -0.3 is 74.4 Å². The van der Waals surface area contributed by atoms with Gasteiger partial charge in [-0.15, -0.1) is 0 Å². The first-order valence-electron chi connectivity index (χ1n) is 35.2. The predicted octanol–water partition coefficient (Wildman–Crippen LogP) is 10.1. The van der Waals surface area contributed by atoms with Gasteiger partial charge in [0, 0.05) is 62.8 Å². The number of fused-ring (bicyclic) bond motifs is 4. The van der Waals surface area contributed by atoms with E-state index in [1.54, 1.807) is 48.9 Å². The molecule has 0 spiro atoms. The summed E-state index contributed by atoms with van der Waals surface area (Å²) in [5.74, 6) is -0.533. The summed E-state index contributed by atoms with van der Waals surface area (Å²) in [4.78, 5) is 42.3. The average molecular weight is 1610 g/mol. The van der Waals surface area contributed by atoms with Crippen LogP contribution in [-0.4, -0.2) is 158 Å². The van der Waals surface area contributed by atoms with Crippen molar-refractivity contribution in [1.29, 1.82) is 0 Å². The molecule has 8 heterocycles. The molecule has 568 valence electrons. The summed E-state index contributed by atoms with van der Waals surface area (Å²) in [5.41, 5.74) is 32.2. The fourth-order valence-corrected chi connectivity index (χ4v) is 14.2. The van der Waals surface area contributed by atoms with E-state index in [-0.39, 0.29) is 102 Å². The summed E-state index contributed by atoms with van der Waals surface area (Å²) in [6.07, 6.45) is 17.5. The zero-order chi connectivity index (χ0) is 76.4. The SMILES string of the molecule is CC1(C)OB(c2ccn[nH]2)OC1(C)C.NC1CCCC(O)C1.Nc1nc(NC2CCCC(O)C2)c2c(F)cc(Br)cc2n1.Nc1nc(N[C@H]2CCC[C@@H](O)C2)c2c(F)cc(-c3ccn[nH]3)cc2n1.Nc1nc(N[C@H]2CCC[C@H](O)C2)c2c(F)cc(-c3ccn[nH]3)cc2n1.Nc1nc2cc(Br)cc(F)c2c(=O)[nH]1. The van der Waals surface area contributed by atoms with Gasteiger partial charge in [0.1, 0.15) is 46.1 Å². The van der Waals surface area contributed by atoms with Crippen LogP contribution in [0.25, 0.3) is 66.1 Å². The number of hydrogen-bond acceptors (Lipinski definition) is 25. The minimum atomic E-state index is -0.622. The van der Waals surface area contributed by atoms with Gasteiger partial charge in [0.25, 0.3) is 5.56 Å². The Kier molecular flexibility index (Phi) is 25.6. The number of nitrogen functional groups attached to an aromatic ring is 4. The molecular weight excluding hydrogens is 1520 g/mol. The Labute approximate surface area is 629 Å². The van der Waals surface area contributed by atoms with E-state index >= 15 is 0 Å². The first-order chi connectivity index (χ1) is 51.0. The van der Waals surface area contributed by atoms with Gasteiger partial charge in [-0.2, -0.15) is 30.2 Å². The third kappa shape index (κ3) is 20.3. The molecule has 1 saturated heterocycles. The number of aromatic amines is 4. The summed E-state index contributed by atoms with van der Waals surface area (Å²) < 4.78 is 69.9. The summed E-state index contributed by atoms with van der Waals surface area (Å²) in [6, 6.07) is 18.0. The lowest BCUT2D eigenvalue weighted by Gasteiger charge is -2.32. The van der Waals surface area contributed by atoms with Crippen LogP contribution in [0.4, 0.5) is 58.8 Å². The van der Waals surface area contributed by atoms with E-state index in [2.05, 4.69) is 118 Å². The Hall–Kier alpha value is -9.27. The monoisotopic (exact) mass is 1600 g/mol. The molecule has 1 aliphatic heterocycles. The van der Waals surface area contributed by atoms with Crippen LogP contribution >= 0.6 is 31.9 Å². The van der Waals surface area contributed by atoms with Crippen molar-refractivity contribution in [2.24, 2.45) is 5.73 Å². The molecule has 4 aliphatic carbocycles. The molecule has 4 saturated carbocycles. The van der Waals surface area contributed by atoms with Gasteiger partial charge in [-0.1, -0.05) is 31.9 Å². The highest BCUT2D eigenvalue weighted by molar-refractivity contribution is 9.10. The second-order valence-electron chi connectivity index (χ2n) is 28.1. The fourth-order valence-electron chi connectivity index (χ4n) is 13.4. The Morgan fingerprint density at radius 1 is 0.477 bits per heavy atom. The maximum absolute atomic E-state index is 14.8. The highest BCUT2D eigenvalue weighted by atomic mass is 79.9. The number of aliphatic hydroxyl groups excluding tert-OH is 4. The number of nitrogens with two attached hydrogens (primary N) is 5. The third-order valence-electron chi connectivity index (χ3n) is 19.3. The largest absolute Gasteiger partial charge is 0.513 e. The molecular formula is C71H87BBr2F4N22O7. The first kappa shape index (κ1) is 78.8. The van der Waals surface area contributed by atoms with E-state index in [0.29, 0.717) is 101 Å². The Balaban J connectivity index is 0.000000132. The molecule has 5 fully saturated rings. The first-order valence-corrected chi connectivity index (χ1v) is 36.8. The minimum Gasteiger partial charge on any atom is -0.398 e. The minimum absolute atomic E-state index is 0.0278. The normalized spacial score (nSPS) is 21.6. The molecule has 0 radical (unpaired) electrons. The second kappa shape index (κ2) is 34.7. The van der Waals surface area contributed by atoms with E-state index in [4.69, 9.17) is 43.1 Å². The van der Waals surface area contributed by atoms with E-state index in [9.17, 15) is 37.7 Å². The molecule has 4 unspecified atom stereocenters. The Bertz CT molecular complexity index is 4720. The molecule has 7 aromatic heterocycles. The standard InChI is InChI=1S/2C17H19FN6O.C14H16BrFN4O.C9H15BN2O2.C8H5BrFN3O.C6H13NO/c2*18-12-6-9(13-4-5-20-24-13)7-14-15(12)16(23-17(19)22-14)21-10-2-1-3-11(25)8-10;15-7-4-10(16)12-11(5-7)19-14(17)20-13(12)18-8-2-1-3-9(21)6-8;1-8(2)9(3,4)14-10(13-8)7-5-6-11-12-7;9-3-1-4(10)6-5(2-3)12-8(11)13-7(6)14;7-5-2-1-3-6(8)4-5/h2*4-7,10-11,25H,1-3,8H2,(H,20,24)(H3,19,21,22,23);4-5,8-9,21H,1-3,6H2,(H3,17,18,19,20);5-6H,1-4H3,(H,11,12);1-2H,(H3,11,12,13,14);5-6,8H,1-4,7H2/t10-,11+;10-,11-;;;;/m00..../s1. The van der Waals surface area contributed by atoms with Gasteiger partial charge in [0.2, 0.25) is 23.8 Å². The number of halogens is 6. The lowest BCUT2D eigenvalue weighted by Crippen LogP contribution is -2.41. The predicted molar refractivity (Wildman–Crippen MR) is 411 cm³/mol. The highest BCUT2D eigenvalue weighted by Crippen LogP contribution is 2.38. The second-order valence-corrected chi connectivity index (χ2v) is 29.9. The van der Waals surface area contributed by atoms with Crippen LogP contribution in [-0.2, 0) is 9.31 Å². The number of nitrogens with zero attached hydrogens (tertiary/aromatic N) is 10. The molecule has 21 N–H and O–H groups in total. The van der Waals surface area contributed by atoms with Crippen LogP contribution in [0.15, 0.2) is 99.1 Å². The van der Waals surface area contributed by atoms with Gasteiger partial charge >= 0.3 is 7.12 Å². The number of aromatic nitrogens is 14. The van der Waals surface area contributed by atoms with Crippen LogP contribution in [0.2, 0.25) is 0 Å². The highest BCUT2D eigenvalue weighted by Gasteiger charge is 2.52. The summed E-state index contributed by atoms with van der Waals surface area (Å²) in [7, 11) is -0.331. The lowest BCUT2D eigenvalue weighted by atomic mass is 9.85. The van der Waals surface area contributed by atoms with E-state index < -0.39 is 28.8 Å². The molecule has 29 nitrogen and oxygen atoms in total. The molecule has 4 aromatic carbocycles. The van der Waals surface area contributed by atoms with E-state index in [1.165, 1.54) is 30.3 Å². The number of anilines is 7. The van der Waals surface area contributed by atoms with Crippen molar-refractivity contribution in [2.45, 2.75) is 190 Å². The number of nitrogens with one attached hydrogen (secondary N) is 7. The summed E-state index contributed by atoms with van der Waals surface area (Å²) >= 11 is 6.34. The average Bonchev–Trinajstić information content (AvgIpc) is 1.77. The van der Waals surface area contributed by atoms with Crippen LogP contribution < -0.4 is 55.8 Å². The third-order valence-corrected chi connectivity index (χ3v) is 20.2. The maximum Gasteiger partial charge on any atom is 0.513 e. The zero-order valence-electron chi connectivity index (χ0n) is 59.2. The molecule has 16 rings (SSSR count). The van der Waals surface area contributed by atoms with E-state index in [1.807, 2.05) is 33.8 Å². The fraction of sp³-hybridized carbons (Fsp3) is 0.423. The van der Waals surface area contributed by atoms with Gasteiger partial charge in [-0.25, -0.2) is 37.5 Å². The van der Waals surface area contributed by atoms with Gasteiger partial charge in [0.05, 0.1) is 90.8 Å². The lowest BCUT2D eigenvalue weighted by molar-refractivity contribution is 0.00578. The van der Waals surface area contributed by atoms with Crippen LogP contribution in [0, 0.1) is 23.3 Å². The van der Waals surface area contributed by atoms with Gasteiger partial charge in [-0.05, 0) is 197 Å². The van der Waals surface area contributed by atoms with E-state index in [0.717, 1.165) is 89.1 Å². The molecule has 5 aliphatic rings. The molecule has 0 amide bonds. The molecule has 0 bridgehead atoms. The van der Waals surface area contributed by atoms with Crippen molar-refractivity contribution < 1.29 is 47.3 Å². The molecule has 8 atom stereocenters. The van der Waals surface area contributed by atoms with Crippen molar-refractivity contribution in [3.63, 3.8) is 0 Å². The van der Waals surface area contributed by atoms with Crippen molar-refractivity contribution in [3.05, 3.63) is 128 Å². The van der Waals surface area contributed by atoms with Crippen LogP contribution in [0.5, 0.6) is 0 Å². The van der Waals surface area contributed by atoms with Gasteiger partial charge in [0.15, 0.2) is 0 Å². The smallest absolute Gasteiger partial charge is 0.398 e. The van der Waals surface area contributed by atoms with Crippen molar-refractivity contribution in [2.75, 3.05) is 38.9 Å². The number of hydrogen-bond donors (Lipinski definition) is 16. The topological polar surface area (TPSA) is 475 Å². The molecule has 36 heteroatoms. The van der Waals surface area contributed by atoms with Gasteiger partial charge in [-0.3, -0.25) is 25.1 Å². The maximum atomic E-state index is 14.8. The van der Waals surface area contributed by atoms with Crippen LogP contribution in [0.1, 0.15) is 130 Å². The Morgan fingerprint density at radius 3 is 1.21 bits per heavy atom. The van der Waals surface area contributed by atoms with Crippen molar-refractivity contribution in [1.82, 2.24) is 70.5 Å². The number of benzene rings is 4. The van der Waals surface area contributed by atoms with Crippen molar-refractivity contribution in [3.8, 4) is 22.5 Å². The van der Waals surface area contributed by atoms with Crippen LogP contribution in [0.3, 0.4) is 0 Å². The summed E-state index contributed by atoms with van der Waals surface area (Å²) in [6.45, 7) is 8.12. The molecule has 107 heavy (non-hydrogen) atoms. The number of rotatable bonds is 9. The molecule has 11 aromatic rings. The number of H-pyrrole nitrogens is 4. The zero-order valence-corrected chi connectivity index (χ0v) is 62.4. The Morgan fingerprint density at radius 2 is 0.841 bits per heavy atom. The quantitative estimate of drug-likeness (QED) is 0.0472.